The zero-order valence-corrected chi connectivity index (χ0v) is 14.6. The van der Waals surface area contributed by atoms with E-state index in [1.54, 1.807) is 0 Å². The monoisotopic (exact) mass is 334 g/mol. The molecule has 0 spiro atoms. The molecule has 0 unspecified atom stereocenters. The summed E-state index contributed by atoms with van der Waals surface area (Å²) in [4.78, 5) is 13.3. The van der Waals surface area contributed by atoms with Gasteiger partial charge < -0.3 is 10.6 Å². The standard InChI is InChI=1S/C22H26N2O/c25-21(24-20-14-18-8-4-5-9-19(18)15-20)22(10-12-23-13-11-22)16-17-6-2-1-3-7-17/h1-9,20,23H,10-16H2,(H,24,25). The van der Waals surface area contributed by atoms with Crippen LogP contribution in [0.5, 0.6) is 0 Å². The van der Waals surface area contributed by atoms with E-state index in [0.29, 0.717) is 0 Å². The zero-order valence-electron chi connectivity index (χ0n) is 14.6. The van der Waals surface area contributed by atoms with Crippen LogP contribution in [-0.2, 0) is 24.1 Å². The smallest absolute Gasteiger partial charge is 0.226 e. The lowest BCUT2D eigenvalue weighted by molar-refractivity contribution is -0.133. The molecular formula is C22H26N2O. The van der Waals surface area contributed by atoms with Gasteiger partial charge in [0.2, 0.25) is 5.91 Å². The van der Waals surface area contributed by atoms with Crippen molar-refractivity contribution < 1.29 is 4.79 Å². The van der Waals surface area contributed by atoms with E-state index in [2.05, 4.69) is 59.2 Å². The highest BCUT2D eigenvalue weighted by Crippen LogP contribution is 2.34. The molecule has 3 nitrogen and oxygen atoms in total. The van der Waals surface area contributed by atoms with Gasteiger partial charge in [0.05, 0.1) is 5.41 Å². The molecule has 0 saturated carbocycles. The summed E-state index contributed by atoms with van der Waals surface area (Å²) in [7, 11) is 0. The fourth-order valence-electron chi connectivity index (χ4n) is 4.38. The molecule has 3 heteroatoms. The number of rotatable bonds is 4. The Bertz CT molecular complexity index is 710. The van der Waals surface area contributed by atoms with Crippen molar-refractivity contribution in [3.05, 3.63) is 71.3 Å². The van der Waals surface area contributed by atoms with Gasteiger partial charge in [-0.25, -0.2) is 0 Å². The molecule has 1 aliphatic heterocycles. The highest BCUT2D eigenvalue weighted by molar-refractivity contribution is 5.83. The first kappa shape index (κ1) is 16.3. The molecule has 1 aliphatic carbocycles. The quantitative estimate of drug-likeness (QED) is 0.903. The summed E-state index contributed by atoms with van der Waals surface area (Å²) in [6.45, 7) is 1.84. The molecule has 1 fully saturated rings. The summed E-state index contributed by atoms with van der Waals surface area (Å²) in [6.07, 6.45) is 4.57. The van der Waals surface area contributed by atoms with Crippen LogP contribution in [0.4, 0.5) is 0 Å². The summed E-state index contributed by atoms with van der Waals surface area (Å²) < 4.78 is 0. The molecule has 2 aromatic rings. The highest BCUT2D eigenvalue weighted by atomic mass is 16.2. The summed E-state index contributed by atoms with van der Waals surface area (Å²) in [5.41, 5.74) is 3.75. The minimum Gasteiger partial charge on any atom is -0.352 e. The number of carbonyl (C=O) groups excluding carboxylic acids is 1. The highest BCUT2D eigenvalue weighted by Gasteiger charge is 2.40. The van der Waals surface area contributed by atoms with Crippen molar-refractivity contribution in [1.82, 2.24) is 10.6 Å². The van der Waals surface area contributed by atoms with Gasteiger partial charge in [-0.1, -0.05) is 54.6 Å². The Morgan fingerprint density at radius 3 is 2.20 bits per heavy atom. The van der Waals surface area contributed by atoms with E-state index in [-0.39, 0.29) is 17.4 Å². The number of hydrogen-bond acceptors (Lipinski definition) is 2. The molecule has 0 bridgehead atoms. The predicted molar refractivity (Wildman–Crippen MR) is 100 cm³/mol. The first-order valence-electron chi connectivity index (χ1n) is 9.38. The van der Waals surface area contributed by atoms with Crippen molar-refractivity contribution in [2.24, 2.45) is 5.41 Å². The van der Waals surface area contributed by atoms with Crippen LogP contribution < -0.4 is 10.6 Å². The first-order chi connectivity index (χ1) is 12.3. The lowest BCUT2D eigenvalue weighted by atomic mass is 9.73. The van der Waals surface area contributed by atoms with Crippen LogP contribution in [0.1, 0.15) is 29.5 Å². The first-order valence-corrected chi connectivity index (χ1v) is 9.38. The van der Waals surface area contributed by atoms with Gasteiger partial charge in [0.15, 0.2) is 0 Å². The third-order valence-electron chi connectivity index (χ3n) is 5.81. The maximum atomic E-state index is 13.3. The number of piperidine rings is 1. The van der Waals surface area contributed by atoms with E-state index < -0.39 is 0 Å². The third kappa shape index (κ3) is 3.47. The summed E-state index contributed by atoms with van der Waals surface area (Å²) >= 11 is 0. The lowest BCUT2D eigenvalue weighted by Crippen LogP contribution is -2.51. The van der Waals surface area contributed by atoms with Crippen LogP contribution in [-0.4, -0.2) is 25.0 Å². The average molecular weight is 334 g/mol. The van der Waals surface area contributed by atoms with Crippen LogP contribution >= 0.6 is 0 Å². The van der Waals surface area contributed by atoms with Gasteiger partial charge >= 0.3 is 0 Å². The Kier molecular flexibility index (Phi) is 4.58. The number of benzene rings is 2. The van der Waals surface area contributed by atoms with Crippen molar-refractivity contribution in [3.63, 3.8) is 0 Å². The molecule has 4 rings (SSSR count). The van der Waals surface area contributed by atoms with Gasteiger partial charge in [0.25, 0.3) is 0 Å². The summed E-state index contributed by atoms with van der Waals surface area (Å²) in [5.74, 6) is 0.246. The number of fused-ring (bicyclic) bond motifs is 1. The van der Waals surface area contributed by atoms with Crippen molar-refractivity contribution in [2.75, 3.05) is 13.1 Å². The van der Waals surface area contributed by atoms with Gasteiger partial charge in [-0.05, 0) is 61.9 Å². The molecule has 25 heavy (non-hydrogen) atoms. The molecule has 130 valence electrons. The zero-order chi connectivity index (χ0) is 17.1. The topological polar surface area (TPSA) is 41.1 Å². The Balaban J connectivity index is 1.49. The van der Waals surface area contributed by atoms with Crippen molar-refractivity contribution in [3.8, 4) is 0 Å². The van der Waals surface area contributed by atoms with Crippen LogP contribution in [0.15, 0.2) is 54.6 Å². The van der Waals surface area contributed by atoms with E-state index in [9.17, 15) is 4.79 Å². The van der Waals surface area contributed by atoms with Crippen molar-refractivity contribution in [2.45, 2.75) is 38.1 Å². The minimum absolute atomic E-state index is 0.243. The maximum Gasteiger partial charge on any atom is 0.226 e. The van der Waals surface area contributed by atoms with Gasteiger partial charge in [0, 0.05) is 6.04 Å². The van der Waals surface area contributed by atoms with Gasteiger partial charge in [0.1, 0.15) is 0 Å². The molecule has 2 aromatic carbocycles. The minimum atomic E-state index is -0.276. The van der Waals surface area contributed by atoms with Crippen LogP contribution in [0.25, 0.3) is 0 Å². The normalized spacial score (nSPS) is 19.4. The van der Waals surface area contributed by atoms with E-state index in [0.717, 1.165) is 45.2 Å². The Morgan fingerprint density at radius 1 is 0.960 bits per heavy atom. The third-order valence-corrected chi connectivity index (χ3v) is 5.81. The number of nitrogens with one attached hydrogen (secondary N) is 2. The Hall–Kier alpha value is -2.13. The van der Waals surface area contributed by atoms with E-state index in [4.69, 9.17) is 0 Å². The Labute approximate surface area is 149 Å². The molecule has 1 amide bonds. The molecule has 0 radical (unpaired) electrons. The van der Waals surface area contributed by atoms with E-state index in [1.807, 2.05) is 6.07 Å². The lowest BCUT2D eigenvalue weighted by Gasteiger charge is -2.37. The molecule has 2 N–H and O–H groups in total. The Morgan fingerprint density at radius 2 is 1.56 bits per heavy atom. The van der Waals surface area contributed by atoms with Crippen LogP contribution in [0, 0.1) is 5.41 Å². The molecular weight excluding hydrogens is 308 g/mol. The fourth-order valence-corrected chi connectivity index (χ4v) is 4.38. The maximum absolute atomic E-state index is 13.3. The largest absolute Gasteiger partial charge is 0.352 e. The van der Waals surface area contributed by atoms with E-state index >= 15 is 0 Å². The predicted octanol–water partition coefficient (Wildman–Crippen LogP) is 2.88. The molecule has 0 atom stereocenters. The second kappa shape index (κ2) is 7.01. The second-order valence-corrected chi connectivity index (χ2v) is 7.54. The average Bonchev–Trinajstić information content (AvgIpc) is 3.05. The summed E-state index contributed by atoms with van der Waals surface area (Å²) in [5, 5.41) is 6.80. The number of hydrogen-bond donors (Lipinski definition) is 2. The molecule has 0 aromatic heterocycles. The van der Waals surface area contributed by atoms with Crippen LogP contribution in [0.3, 0.4) is 0 Å². The van der Waals surface area contributed by atoms with Gasteiger partial charge in [-0.2, -0.15) is 0 Å². The number of amides is 1. The molecule has 1 heterocycles. The van der Waals surface area contributed by atoms with E-state index in [1.165, 1.54) is 16.7 Å². The molecule has 1 saturated heterocycles. The van der Waals surface area contributed by atoms with Crippen molar-refractivity contribution >= 4 is 5.91 Å². The fraction of sp³-hybridized carbons (Fsp3) is 0.409. The summed E-state index contributed by atoms with van der Waals surface area (Å²) in [6, 6.07) is 19.2. The molecule has 2 aliphatic rings. The number of carbonyl (C=O) groups is 1. The van der Waals surface area contributed by atoms with Gasteiger partial charge in [-0.15, -0.1) is 0 Å². The second-order valence-electron chi connectivity index (χ2n) is 7.54. The SMILES string of the molecule is O=C(NC1Cc2ccccc2C1)C1(Cc2ccccc2)CCNCC1. The van der Waals surface area contributed by atoms with Crippen molar-refractivity contribution in [1.29, 1.82) is 0 Å². The van der Waals surface area contributed by atoms with Crippen LogP contribution in [0.2, 0.25) is 0 Å². The van der Waals surface area contributed by atoms with Gasteiger partial charge in [-0.3, -0.25) is 4.79 Å².